The Balaban J connectivity index is 1.55. The number of aromatic nitrogens is 2. The molecule has 2 heterocycles. The van der Waals surface area contributed by atoms with Gasteiger partial charge in [0.05, 0.1) is 45.5 Å². The number of aromatic hydroxyl groups is 1. The molecule has 0 spiro atoms. The van der Waals surface area contributed by atoms with Gasteiger partial charge in [0, 0.05) is 72.4 Å². The van der Waals surface area contributed by atoms with Crippen molar-refractivity contribution in [3.05, 3.63) is 83.9 Å². The van der Waals surface area contributed by atoms with Gasteiger partial charge in [0.1, 0.15) is 54.1 Å². The molecule has 1 fully saturated rings. The van der Waals surface area contributed by atoms with Gasteiger partial charge in [-0.05, 0) is 67.8 Å². The summed E-state index contributed by atoms with van der Waals surface area (Å²) in [6.45, 7) is 4.39. The van der Waals surface area contributed by atoms with E-state index in [1.54, 1.807) is 65.1 Å². The highest BCUT2D eigenvalue weighted by atomic mass is 16.4. The van der Waals surface area contributed by atoms with Crippen LogP contribution in [0.25, 0.3) is 0 Å². The van der Waals surface area contributed by atoms with Gasteiger partial charge in [0.15, 0.2) is 5.96 Å². The molecule has 16 N–H and O–H groups in total. The lowest BCUT2D eigenvalue weighted by Gasteiger charge is -2.32. The minimum absolute atomic E-state index is 0.00882. The van der Waals surface area contributed by atoms with Crippen LogP contribution in [0.2, 0.25) is 0 Å². The molecule has 9 atom stereocenters. The molecule has 0 saturated carbocycles. The predicted octanol–water partition coefficient (Wildman–Crippen LogP) is -4.10. The van der Waals surface area contributed by atoms with Crippen LogP contribution >= 0.6 is 0 Å². The summed E-state index contributed by atoms with van der Waals surface area (Å²) in [6, 6.07) is 2.61. The highest BCUT2D eigenvalue weighted by molar-refractivity contribution is 5.99. The highest BCUT2D eigenvalue weighted by Crippen LogP contribution is 2.22. The first-order valence-corrected chi connectivity index (χ1v) is 32.5. The number of carboxylic acids is 2. The summed E-state index contributed by atoms with van der Waals surface area (Å²) in [6.07, 6.45) is 1.93. The summed E-state index contributed by atoms with van der Waals surface area (Å²) in [5.41, 5.74) is 12.5. The van der Waals surface area contributed by atoms with Crippen LogP contribution in [-0.2, 0) is 86.4 Å². The average Bonchev–Trinajstić information content (AvgIpc) is 1.58. The van der Waals surface area contributed by atoms with Crippen LogP contribution in [0.3, 0.4) is 0 Å². The van der Waals surface area contributed by atoms with Crippen LogP contribution in [0.1, 0.15) is 83.0 Å². The van der Waals surface area contributed by atoms with Crippen molar-refractivity contribution in [2.45, 2.75) is 134 Å². The molecule has 3 aromatic rings. The van der Waals surface area contributed by atoms with E-state index in [0.717, 1.165) is 14.7 Å². The van der Waals surface area contributed by atoms with E-state index in [1.165, 1.54) is 74.8 Å². The lowest BCUT2D eigenvalue weighted by Crippen LogP contribution is -2.62. The number of benzene rings is 2. The summed E-state index contributed by atoms with van der Waals surface area (Å²) in [7, 11) is 6.78. The molecule has 0 aliphatic carbocycles. The Hall–Kier alpha value is -10.7. The van der Waals surface area contributed by atoms with E-state index in [0.29, 0.717) is 29.7 Å². The minimum atomic E-state index is -1.87. The summed E-state index contributed by atoms with van der Waals surface area (Å²) >= 11 is 0. The maximum Gasteiger partial charge on any atom is 0.326 e. The van der Waals surface area contributed by atoms with Crippen molar-refractivity contribution in [1.29, 1.82) is 0 Å². The third-order valence-corrected chi connectivity index (χ3v) is 16.5. The molecule has 2 aromatic carbocycles. The normalized spacial score (nSPS) is 14.9. The Morgan fingerprint density at radius 2 is 1.16 bits per heavy atom. The van der Waals surface area contributed by atoms with Gasteiger partial charge >= 0.3 is 11.9 Å². The number of amides is 12. The number of carboxylic acid groups (broad SMARTS) is 2. The number of hydrogen-bond donors (Lipinski definition) is 14. The highest BCUT2D eigenvalue weighted by Gasteiger charge is 2.42. The van der Waals surface area contributed by atoms with E-state index < -0.39 is 163 Å². The zero-order valence-corrected chi connectivity index (χ0v) is 57.8. The first-order chi connectivity index (χ1) is 47.2. The molecule has 100 heavy (non-hydrogen) atoms. The Labute approximate surface area is 579 Å². The standard InChI is InChI=1S/C65H96N18O17/c1-10-38(4)56(62(97)75-46(28-41-30-69-36-71-41)63(98)83-25-15-19-48(83)60(95)76-47(64(99)100)27-39-16-12-11-13-17-39)78-59(94)44(26-40-20-22-42(84)23-21-40)74-61(96)55(37(2)3)77-57(92)43(18-14-24-70-65(66)67)73-58(93)45(29-54(90)91)72-49(85)32-79(6)51(87)34-81(8)53(89)35-82(9)52(88)33-80(7)50(86)31-68-5/h11-13,16-17,20-23,30,36-38,43-48,55-56,68,84H,10,14-15,18-19,24-29,31-35H2,1-9H3,(H,69,71)(H,72,85)(H,73,93)(H,74,96)(H,75,97)(H,76,95)(H,77,92)(H,78,94)(H,90,91)(H,99,100)(H4,66,67,70)/t38-,43-,44-,45-,46-,47-,48-,55-,56-/m0/s1. The number of hydrogen-bond acceptors (Lipinski definition) is 18. The molecule has 1 aliphatic heterocycles. The number of guanidine groups is 1. The third kappa shape index (κ3) is 26.6. The Bertz CT molecular complexity index is 3350. The van der Waals surface area contributed by atoms with Gasteiger partial charge in [0.2, 0.25) is 70.9 Å². The van der Waals surface area contributed by atoms with Crippen molar-refractivity contribution < 1.29 is 82.4 Å². The summed E-state index contributed by atoms with van der Waals surface area (Å²) in [4.78, 5) is 207. The molecule has 0 unspecified atom stereocenters. The molecule has 1 aromatic heterocycles. The molecule has 0 radical (unpaired) electrons. The maximum atomic E-state index is 14.8. The molecule has 548 valence electrons. The number of rotatable bonds is 40. The van der Waals surface area contributed by atoms with Gasteiger partial charge in [-0.1, -0.05) is 76.6 Å². The van der Waals surface area contributed by atoms with E-state index in [4.69, 9.17) is 11.5 Å². The Morgan fingerprint density at radius 1 is 0.630 bits per heavy atom. The number of nitrogens with one attached hydrogen (secondary N) is 9. The molecule has 12 amide bonds. The van der Waals surface area contributed by atoms with Gasteiger partial charge < -0.3 is 98.8 Å². The number of aliphatic imine (C=N–C) groups is 1. The van der Waals surface area contributed by atoms with Crippen LogP contribution < -0.4 is 54.0 Å². The van der Waals surface area contributed by atoms with Crippen LogP contribution in [0.15, 0.2) is 72.1 Å². The third-order valence-electron chi connectivity index (χ3n) is 16.5. The second kappa shape index (κ2) is 40.2. The fourth-order valence-electron chi connectivity index (χ4n) is 10.5. The molecule has 1 aliphatic rings. The van der Waals surface area contributed by atoms with E-state index in [-0.39, 0.29) is 82.3 Å². The predicted molar refractivity (Wildman–Crippen MR) is 361 cm³/mol. The molecule has 35 nitrogen and oxygen atoms in total. The monoisotopic (exact) mass is 1400 g/mol. The van der Waals surface area contributed by atoms with E-state index in [2.05, 4.69) is 57.5 Å². The van der Waals surface area contributed by atoms with E-state index >= 15 is 0 Å². The smallest absolute Gasteiger partial charge is 0.326 e. The molecular weight excluding hydrogens is 1300 g/mol. The zero-order chi connectivity index (χ0) is 74.5. The van der Waals surface area contributed by atoms with Crippen LogP contribution in [0.5, 0.6) is 5.75 Å². The number of carbonyl (C=O) groups excluding carboxylic acids is 12. The molecule has 1 saturated heterocycles. The first-order valence-electron chi connectivity index (χ1n) is 32.5. The zero-order valence-electron chi connectivity index (χ0n) is 57.8. The van der Waals surface area contributed by atoms with Gasteiger partial charge in [-0.3, -0.25) is 67.3 Å². The quantitative estimate of drug-likeness (QED) is 0.0146. The van der Waals surface area contributed by atoms with Gasteiger partial charge in [0.25, 0.3) is 0 Å². The number of imidazole rings is 1. The summed E-state index contributed by atoms with van der Waals surface area (Å²) in [5.74, 6) is -14.4. The number of likely N-dealkylation sites (N-methyl/N-ethyl adjacent to an activating group) is 5. The molecule has 4 rings (SSSR count). The summed E-state index contributed by atoms with van der Waals surface area (Å²) < 4.78 is 0. The first kappa shape index (κ1) is 81.7. The van der Waals surface area contributed by atoms with Gasteiger partial charge in [-0.2, -0.15) is 0 Å². The topological polar surface area (TPSA) is 505 Å². The fourth-order valence-corrected chi connectivity index (χ4v) is 10.5. The minimum Gasteiger partial charge on any atom is -0.508 e. The van der Waals surface area contributed by atoms with Crippen LogP contribution in [0, 0.1) is 11.8 Å². The van der Waals surface area contributed by atoms with Crippen LogP contribution in [0.4, 0.5) is 0 Å². The number of aliphatic carboxylic acids is 2. The number of nitrogens with two attached hydrogens (primary N) is 2. The largest absolute Gasteiger partial charge is 0.508 e. The molecule has 35 heteroatoms. The average molecular weight is 1400 g/mol. The van der Waals surface area contributed by atoms with Crippen molar-refractivity contribution in [1.82, 2.24) is 77.0 Å². The molecular formula is C65H96N18O17. The van der Waals surface area contributed by atoms with Crippen molar-refractivity contribution in [3.8, 4) is 5.75 Å². The second-order valence-corrected chi connectivity index (χ2v) is 24.9. The van der Waals surface area contributed by atoms with E-state index in [9.17, 15) is 82.4 Å². The number of aromatic amines is 1. The van der Waals surface area contributed by atoms with Crippen LogP contribution in [-0.4, -0.2) is 268 Å². The van der Waals surface area contributed by atoms with Gasteiger partial charge in [-0.25, -0.2) is 9.78 Å². The fraction of sp³-hybridized carbons (Fsp3) is 0.538. The maximum absolute atomic E-state index is 14.8. The lowest BCUT2D eigenvalue weighted by atomic mass is 9.96. The van der Waals surface area contributed by atoms with Crippen molar-refractivity contribution in [2.24, 2.45) is 28.3 Å². The second-order valence-electron chi connectivity index (χ2n) is 24.9. The van der Waals surface area contributed by atoms with Crippen molar-refractivity contribution >= 4 is 88.8 Å². The number of carbonyl (C=O) groups is 14. The van der Waals surface area contributed by atoms with Gasteiger partial charge in [-0.15, -0.1) is 0 Å². The number of phenolic OH excluding ortho intramolecular Hbond substituents is 1. The van der Waals surface area contributed by atoms with Crippen molar-refractivity contribution in [3.63, 3.8) is 0 Å². The number of phenols is 1. The Kier molecular flexibility index (Phi) is 32.9. The summed E-state index contributed by atoms with van der Waals surface area (Å²) in [5, 5.41) is 50.9. The number of likely N-dealkylation sites (tertiary alicyclic amines) is 1. The number of H-pyrrole nitrogens is 1. The van der Waals surface area contributed by atoms with Crippen molar-refractivity contribution in [2.75, 3.05) is 81.1 Å². The SMILES string of the molecule is CC[C@H](C)[C@H](NC(=O)[C@H](Cc1ccc(O)cc1)NC(=O)[C@@H](NC(=O)[C@H](CCCN=C(N)N)NC(=O)[C@H](CC(=O)O)NC(=O)CN(C)C(=O)CN(C)C(=O)CN(C)C(=O)CN(C)C(=O)CNC)C(C)C)C(=O)N[C@@H](Cc1cnc[nH]1)C(=O)N1CCC[C@H]1C(=O)N[C@@H](Cc1ccccc1)C(=O)O. The molecule has 0 bridgehead atoms. The number of nitrogens with zero attached hydrogens (tertiary/aromatic N) is 7. The Morgan fingerprint density at radius 3 is 1.71 bits per heavy atom. The van der Waals surface area contributed by atoms with E-state index in [1.807, 2.05) is 0 Å². The lowest BCUT2D eigenvalue weighted by molar-refractivity contribution is -0.145.